The molecule has 0 N–H and O–H groups in total. The van der Waals surface area contributed by atoms with Gasteiger partial charge in [0.15, 0.2) is 5.78 Å². The van der Waals surface area contributed by atoms with Gasteiger partial charge in [-0.05, 0) is 39.4 Å². The minimum Gasteiger partial charge on any atom is -0.351 e. The second kappa shape index (κ2) is 6.27. The van der Waals surface area contributed by atoms with Crippen LogP contribution in [-0.4, -0.2) is 28.8 Å². The molecule has 3 heteroatoms. The summed E-state index contributed by atoms with van der Waals surface area (Å²) in [5.41, 5.74) is 5.50. The predicted molar refractivity (Wildman–Crippen MR) is 86.7 cm³/mol. The number of carbonyl (C=O) groups is 1. The average molecular weight is 284 g/mol. The fourth-order valence-corrected chi connectivity index (χ4v) is 2.65. The van der Waals surface area contributed by atoms with E-state index in [4.69, 9.17) is 0 Å². The number of Topliss-reactive ketones (excluding diaryl/α,β-unsaturated/α-hetero) is 1. The highest BCUT2D eigenvalue weighted by Crippen LogP contribution is 2.15. The van der Waals surface area contributed by atoms with Crippen LogP contribution in [0.5, 0.6) is 0 Å². The van der Waals surface area contributed by atoms with E-state index in [1.54, 1.807) is 0 Å². The minimum absolute atomic E-state index is 0.186. The van der Waals surface area contributed by atoms with Crippen LogP contribution in [0.2, 0.25) is 0 Å². The predicted octanol–water partition coefficient (Wildman–Crippen LogP) is 3.27. The van der Waals surface area contributed by atoms with Gasteiger partial charge in [-0.1, -0.05) is 29.8 Å². The summed E-state index contributed by atoms with van der Waals surface area (Å²) in [6.45, 7) is 7.35. The highest BCUT2D eigenvalue weighted by Gasteiger charge is 2.15. The molecule has 0 atom stereocenters. The molecule has 0 radical (unpaired) electrons. The van der Waals surface area contributed by atoms with Gasteiger partial charge in [0.05, 0.1) is 6.54 Å². The van der Waals surface area contributed by atoms with E-state index in [1.165, 1.54) is 11.1 Å². The van der Waals surface area contributed by atoms with Crippen LogP contribution in [0.25, 0.3) is 0 Å². The quantitative estimate of drug-likeness (QED) is 0.787. The molecule has 0 saturated carbocycles. The summed E-state index contributed by atoms with van der Waals surface area (Å²) in [4.78, 5) is 14.5. The lowest BCUT2D eigenvalue weighted by Gasteiger charge is -2.16. The molecule has 0 spiro atoms. The Balaban J connectivity index is 2.03. The maximum absolute atomic E-state index is 12.4. The van der Waals surface area contributed by atoms with E-state index < -0.39 is 0 Å². The van der Waals surface area contributed by atoms with Crippen molar-refractivity contribution in [3.8, 4) is 0 Å². The van der Waals surface area contributed by atoms with Gasteiger partial charge in [0.2, 0.25) is 0 Å². The Hall–Kier alpha value is -1.87. The van der Waals surface area contributed by atoms with Crippen LogP contribution in [0.15, 0.2) is 30.3 Å². The Morgan fingerprint density at radius 1 is 1.19 bits per heavy atom. The molecule has 1 heterocycles. The number of aryl methyl sites for hydroxylation is 2. The molecule has 0 bridgehead atoms. The smallest absolute Gasteiger partial charge is 0.178 e. The maximum Gasteiger partial charge on any atom is 0.178 e. The molecule has 3 nitrogen and oxygen atoms in total. The largest absolute Gasteiger partial charge is 0.351 e. The van der Waals surface area contributed by atoms with E-state index in [1.807, 2.05) is 34.0 Å². The van der Waals surface area contributed by atoms with Crippen LogP contribution in [0.1, 0.15) is 32.9 Å². The van der Waals surface area contributed by atoms with Gasteiger partial charge >= 0.3 is 0 Å². The summed E-state index contributed by atoms with van der Waals surface area (Å²) in [6.07, 6.45) is 0. The molecule has 0 aliphatic rings. The van der Waals surface area contributed by atoms with Gasteiger partial charge in [0.25, 0.3) is 0 Å². The van der Waals surface area contributed by atoms with Gasteiger partial charge in [-0.15, -0.1) is 0 Å². The van der Waals surface area contributed by atoms with Gasteiger partial charge in [-0.2, -0.15) is 0 Å². The maximum atomic E-state index is 12.4. The van der Waals surface area contributed by atoms with Crippen LogP contribution in [0, 0.1) is 20.8 Å². The first-order valence-electron chi connectivity index (χ1n) is 7.28. The Labute approximate surface area is 127 Å². The molecule has 112 valence electrons. The Bertz CT molecular complexity index is 655. The number of aromatic nitrogens is 1. The number of hydrogen-bond donors (Lipinski definition) is 0. The van der Waals surface area contributed by atoms with Crippen molar-refractivity contribution >= 4 is 5.78 Å². The van der Waals surface area contributed by atoms with Crippen molar-refractivity contribution in [1.29, 1.82) is 0 Å². The van der Waals surface area contributed by atoms with E-state index in [0.29, 0.717) is 6.54 Å². The van der Waals surface area contributed by atoms with Gasteiger partial charge in [0.1, 0.15) is 0 Å². The van der Waals surface area contributed by atoms with Gasteiger partial charge in [-0.3, -0.25) is 9.69 Å². The van der Waals surface area contributed by atoms with E-state index in [-0.39, 0.29) is 5.78 Å². The van der Waals surface area contributed by atoms with Crippen LogP contribution in [0.3, 0.4) is 0 Å². The van der Waals surface area contributed by atoms with E-state index in [9.17, 15) is 4.79 Å². The molecule has 1 aromatic carbocycles. The Morgan fingerprint density at radius 3 is 2.48 bits per heavy atom. The van der Waals surface area contributed by atoms with E-state index >= 15 is 0 Å². The summed E-state index contributed by atoms with van der Waals surface area (Å²) in [6, 6.07) is 10.4. The number of nitrogens with zero attached hydrogens (tertiary/aromatic N) is 2. The normalized spacial score (nSPS) is 11.1. The molecule has 2 rings (SSSR count). The van der Waals surface area contributed by atoms with Gasteiger partial charge in [-0.25, -0.2) is 0 Å². The molecule has 0 aliphatic carbocycles. The minimum atomic E-state index is 0.186. The van der Waals surface area contributed by atoms with Gasteiger partial charge < -0.3 is 4.57 Å². The summed E-state index contributed by atoms with van der Waals surface area (Å²) >= 11 is 0. The zero-order valence-electron chi connectivity index (χ0n) is 13.6. The second-order valence-electron chi connectivity index (χ2n) is 5.93. The third kappa shape index (κ3) is 3.61. The lowest BCUT2D eigenvalue weighted by atomic mass is 10.1. The summed E-state index contributed by atoms with van der Waals surface area (Å²) < 4.78 is 2.06. The number of likely N-dealkylation sites (N-methyl/N-ethyl adjacent to an activating group) is 1. The standard InChI is InChI=1S/C18H24N2O/c1-13-7-6-8-16(9-13)11-19(4)12-18(21)17-10-14(2)20(5)15(17)3/h6-10H,11-12H2,1-5H3. The van der Waals surface area contributed by atoms with Gasteiger partial charge in [0, 0.05) is 30.5 Å². The van der Waals surface area contributed by atoms with Crippen LogP contribution in [0.4, 0.5) is 0 Å². The first-order valence-corrected chi connectivity index (χ1v) is 7.28. The number of benzene rings is 1. The first kappa shape index (κ1) is 15.5. The monoisotopic (exact) mass is 284 g/mol. The Kier molecular flexibility index (Phi) is 4.63. The van der Waals surface area contributed by atoms with Crippen molar-refractivity contribution in [1.82, 2.24) is 9.47 Å². The van der Waals surface area contributed by atoms with Crippen molar-refractivity contribution in [3.05, 3.63) is 58.4 Å². The zero-order valence-corrected chi connectivity index (χ0v) is 13.6. The summed E-state index contributed by atoms with van der Waals surface area (Å²) in [7, 11) is 3.99. The third-order valence-electron chi connectivity index (χ3n) is 4.02. The molecule has 0 aliphatic heterocycles. The van der Waals surface area contributed by atoms with Crippen molar-refractivity contribution in [2.24, 2.45) is 7.05 Å². The lowest BCUT2D eigenvalue weighted by molar-refractivity contribution is 0.0942. The SMILES string of the molecule is Cc1cccc(CN(C)CC(=O)c2cc(C)n(C)c2C)c1. The molecule has 0 fully saturated rings. The van der Waals surface area contributed by atoms with Crippen molar-refractivity contribution in [2.45, 2.75) is 27.3 Å². The fraction of sp³-hybridized carbons (Fsp3) is 0.389. The highest BCUT2D eigenvalue weighted by molar-refractivity contribution is 5.99. The molecule has 0 saturated heterocycles. The van der Waals surface area contributed by atoms with Crippen LogP contribution in [-0.2, 0) is 13.6 Å². The second-order valence-corrected chi connectivity index (χ2v) is 5.93. The average Bonchev–Trinajstić information content (AvgIpc) is 2.66. The highest BCUT2D eigenvalue weighted by atomic mass is 16.1. The molecule has 2 aromatic rings. The molecule has 0 unspecified atom stereocenters. The van der Waals surface area contributed by atoms with Crippen LogP contribution < -0.4 is 0 Å². The van der Waals surface area contributed by atoms with Crippen molar-refractivity contribution in [3.63, 3.8) is 0 Å². The fourth-order valence-electron chi connectivity index (χ4n) is 2.65. The number of ketones is 1. The zero-order chi connectivity index (χ0) is 15.6. The first-order chi connectivity index (χ1) is 9.88. The van der Waals surface area contributed by atoms with Crippen molar-refractivity contribution in [2.75, 3.05) is 13.6 Å². The lowest BCUT2D eigenvalue weighted by Crippen LogP contribution is -2.26. The summed E-state index contributed by atoms with van der Waals surface area (Å²) in [5, 5.41) is 0. The topological polar surface area (TPSA) is 25.2 Å². The molecular formula is C18H24N2O. The van der Waals surface area contributed by atoms with Crippen LogP contribution >= 0.6 is 0 Å². The molecule has 1 aromatic heterocycles. The van der Waals surface area contributed by atoms with E-state index in [0.717, 1.165) is 23.5 Å². The van der Waals surface area contributed by atoms with Crippen molar-refractivity contribution < 1.29 is 4.79 Å². The third-order valence-corrected chi connectivity index (χ3v) is 4.02. The number of hydrogen-bond acceptors (Lipinski definition) is 2. The molecule has 21 heavy (non-hydrogen) atoms. The summed E-state index contributed by atoms with van der Waals surface area (Å²) in [5.74, 6) is 0.186. The number of rotatable bonds is 5. The van der Waals surface area contributed by atoms with E-state index in [2.05, 4.69) is 40.7 Å². The Morgan fingerprint density at radius 2 is 1.90 bits per heavy atom. The molecular weight excluding hydrogens is 260 g/mol. The number of carbonyl (C=O) groups excluding carboxylic acids is 1. The molecule has 0 amide bonds.